The van der Waals surface area contributed by atoms with E-state index in [2.05, 4.69) is 30.9 Å². The van der Waals surface area contributed by atoms with Crippen molar-refractivity contribution in [1.82, 2.24) is 10.1 Å². The van der Waals surface area contributed by atoms with Crippen molar-refractivity contribution in [1.29, 1.82) is 0 Å². The molecular formula is C9H17N3O2S. The van der Waals surface area contributed by atoms with Crippen LogP contribution in [0.2, 0.25) is 0 Å². The molecule has 1 atom stereocenters. The van der Waals surface area contributed by atoms with E-state index in [0.717, 1.165) is 0 Å². The second kappa shape index (κ2) is 4.96. The van der Waals surface area contributed by atoms with Crippen LogP contribution in [0, 0.1) is 0 Å². The highest BCUT2D eigenvalue weighted by atomic mass is 32.2. The number of hydrogen-bond donors (Lipinski definition) is 2. The Hall–Kier alpha value is -0.590. The first-order valence-electron chi connectivity index (χ1n) is 4.75. The van der Waals surface area contributed by atoms with Crippen LogP contribution >= 0.6 is 11.8 Å². The first kappa shape index (κ1) is 12.5. The Morgan fingerprint density at radius 1 is 1.53 bits per heavy atom. The van der Waals surface area contributed by atoms with Crippen LogP contribution in [0.15, 0.2) is 4.52 Å². The number of aliphatic hydroxyl groups excluding tert-OH is 1. The van der Waals surface area contributed by atoms with Gasteiger partial charge in [-0.1, -0.05) is 25.9 Å². The number of nitrogens with two attached hydrogens (primary N) is 1. The summed E-state index contributed by atoms with van der Waals surface area (Å²) in [4.78, 5) is 4.10. The highest BCUT2D eigenvalue weighted by Crippen LogP contribution is 2.26. The molecule has 0 aliphatic carbocycles. The van der Waals surface area contributed by atoms with E-state index in [1.807, 2.05) is 0 Å². The maximum absolute atomic E-state index is 8.80. The van der Waals surface area contributed by atoms with Gasteiger partial charge in [0.1, 0.15) is 6.04 Å². The lowest BCUT2D eigenvalue weighted by Gasteiger charge is -2.15. The van der Waals surface area contributed by atoms with Crippen molar-refractivity contribution < 1.29 is 9.63 Å². The van der Waals surface area contributed by atoms with Crippen molar-refractivity contribution in [2.45, 2.75) is 37.3 Å². The van der Waals surface area contributed by atoms with Crippen molar-refractivity contribution in [3.8, 4) is 0 Å². The predicted molar refractivity (Wildman–Crippen MR) is 59.4 cm³/mol. The highest BCUT2D eigenvalue weighted by molar-refractivity contribution is 7.99. The molecule has 0 bridgehead atoms. The SMILES string of the molecule is CC(C)(C)SCc1noc(C(N)CO)n1. The van der Waals surface area contributed by atoms with Gasteiger partial charge in [0.15, 0.2) is 5.82 Å². The summed E-state index contributed by atoms with van der Waals surface area (Å²) in [5.41, 5.74) is 5.54. The largest absolute Gasteiger partial charge is 0.394 e. The van der Waals surface area contributed by atoms with E-state index in [9.17, 15) is 0 Å². The molecule has 1 heterocycles. The summed E-state index contributed by atoms with van der Waals surface area (Å²) in [6.07, 6.45) is 0. The van der Waals surface area contributed by atoms with Crippen LogP contribution in [0.5, 0.6) is 0 Å². The zero-order chi connectivity index (χ0) is 11.5. The quantitative estimate of drug-likeness (QED) is 0.807. The molecule has 0 amide bonds. The van der Waals surface area contributed by atoms with Gasteiger partial charge >= 0.3 is 0 Å². The fourth-order valence-electron chi connectivity index (χ4n) is 0.836. The minimum Gasteiger partial charge on any atom is -0.394 e. The maximum Gasteiger partial charge on any atom is 0.245 e. The molecule has 0 aromatic carbocycles. The van der Waals surface area contributed by atoms with Crippen molar-refractivity contribution in [2.24, 2.45) is 5.73 Å². The second-order valence-electron chi connectivity index (χ2n) is 4.24. The van der Waals surface area contributed by atoms with Gasteiger partial charge in [-0.25, -0.2) is 0 Å². The lowest BCUT2D eigenvalue weighted by atomic mass is 10.3. The molecule has 1 aromatic heterocycles. The van der Waals surface area contributed by atoms with Crippen molar-refractivity contribution in [3.05, 3.63) is 11.7 Å². The molecule has 0 fully saturated rings. The molecule has 5 nitrogen and oxygen atoms in total. The Balaban J connectivity index is 2.53. The zero-order valence-electron chi connectivity index (χ0n) is 9.23. The molecule has 0 radical (unpaired) electrons. The van der Waals surface area contributed by atoms with Crippen LogP contribution in [-0.4, -0.2) is 26.6 Å². The third kappa shape index (κ3) is 4.19. The van der Waals surface area contributed by atoms with Gasteiger partial charge in [0, 0.05) is 4.75 Å². The number of nitrogens with zero attached hydrogens (tertiary/aromatic N) is 2. The van der Waals surface area contributed by atoms with Crippen LogP contribution in [0.25, 0.3) is 0 Å². The number of hydrogen-bond acceptors (Lipinski definition) is 6. The van der Waals surface area contributed by atoms with Crippen molar-refractivity contribution in [3.63, 3.8) is 0 Å². The first-order valence-corrected chi connectivity index (χ1v) is 5.74. The Bertz CT molecular complexity index is 309. The molecule has 1 rings (SSSR count). The summed E-state index contributed by atoms with van der Waals surface area (Å²) in [6.45, 7) is 6.18. The molecule has 3 N–H and O–H groups in total. The Morgan fingerprint density at radius 3 is 2.73 bits per heavy atom. The minimum atomic E-state index is -0.578. The van der Waals surface area contributed by atoms with Gasteiger partial charge in [0.2, 0.25) is 5.89 Å². The standard InChI is InChI=1S/C9H17N3O2S/c1-9(2,3)15-5-7-11-8(14-12-7)6(10)4-13/h6,13H,4-5,10H2,1-3H3. The van der Waals surface area contributed by atoms with Gasteiger partial charge in [-0.2, -0.15) is 4.98 Å². The third-order valence-electron chi connectivity index (χ3n) is 1.63. The lowest BCUT2D eigenvalue weighted by Crippen LogP contribution is -2.14. The van der Waals surface area contributed by atoms with Gasteiger partial charge in [-0.05, 0) is 0 Å². The molecule has 1 unspecified atom stereocenters. The summed E-state index contributed by atoms with van der Waals surface area (Å²) in [6, 6.07) is -0.578. The summed E-state index contributed by atoms with van der Waals surface area (Å²) in [7, 11) is 0. The van der Waals surface area contributed by atoms with Crippen LogP contribution in [-0.2, 0) is 5.75 Å². The van der Waals surface area contributed by atoms with Gasteiger partial charge < -0.3 is 15.4 Å². The number of thioether (sulfide) groups is 1. The molecular weight excluding hydrogens is 214 g/mol. The number of rotatable bonds is 4. The molecule has 0 saturated heterocycles. The average Bonchev–Trinajstić information content (AvgIpc) is 2.61. The molecule has 1 aromatic rings. The lowest BCUT2D eigenvalue weighted by molar-refractivity contribution is 0.236. The van der Waals surface area contributed by atoms with Crippen molar-refractivity contribution >= 4 is 11.8 Å². The summed E-state index contributed by atoms with van der Waals surface area (Å²) in [5.74, 6) is 1.60. The van der Waals surface area contributed by atoms with Crippen molar-refractivity contribution in [2.75, 3.05) is 6.61 Å². The number of aromatic nitrogens is 2. The van der Waals surface area contributed by atoms with Gasteiger partial charge in [-0.3, -0.25) is 0 Å². The summed E-state index contributed by atoms with van der Waals surface area (Å²) < 4.78 is 5.09. The van der Waals surface area contributed by atoms with E-state index in [0.29, 0.717) is 17.5 Å². The Labute approximate surface area is 93.4 Å². The van der Waals surface area contributed by atoms with Crippen LogP contribution in [0.3, 0.4) is 0 Å². The van der Waals surface area contributed by atoms with Crippen LogP contribution in [0.4, 0.5) is 0 Å². The number of aliphatic hydroxyl groups is 1. The fourth-order valence-corrected chi connectivity index (χ4v) is 1.52. The molecule has 6 heteroatoms. The Kier molecular flexibility index (Phi) is 4.12. The molecule has 0 aliphatic heterocycles. The van der Waals surface area contributed by atoms with E-state index in [-0.39, 0.29) is 11.4 Å². The molecule has 0 aliphatic rings. The topological polar surface area (TPSA) is 85.2 Å². The zero-order valence-corrected chi connectivity index (χ0v) is 10.0. The smallest absolute Gasteiger partial charge is 0.245 e. The maximum atomic E-state index is 8.80. The summed E-state index contributed by atoms with van der Waals surface area (Å²) >= 11 is 1.73. The molecule has 86 valence electrons. The first-order chi connectivity index (χ1) is 6.92. The molecule has 0 saturated carbocycles. The van der Waals surface area contributed by atoms with Crippen LogP contribution < -0.4 is 5.73 Å². The van der Waals surface area contributed by atoms with E-state index in [4.69, 9.17) is 15.4 Å². The molecule has 0 spiro atoms. The monoisotopic (exact) mass is 231 g/mol. The predicted octanol–water partition coefficient (Wildman–Crippen LogP) is 1.09. The van der Waals surface area contributed by atoms with Gasteiger partial charge in [0.05, 0.1) is 12.4 Å². The molecule has 15 heavy (non-hydrogen) atoms. The van der Waals surface area contributed by atoms with E-state index in [1.54, 1.807) is 11.8 Å². The van der Waals surface area contributed by atoms with E-state index >= 15 is 0 Å². The van der Waals surface area contributed by atoms with Gasteiger partial charge in [-0.15, -0.1) is 11.8 Å². The second-order valence-corrected chi connectivity index (χ2v) is 6.04. The minimum absolute atomic E-state index is 0.167. The van der Waals surface area contributed by atoms with Crippen LogP contribution in [0.1, 0.15) is 38.5 Å². The fraction of sp³-hybridized carbons (Fsp3) is 0.778. The summed E-state index contributed by atoms with van der Waals surface area (Å²) in [5, 5.41) is 12.6. The highest BCUT2D eigenvalue weighted by Gasteiger charge is 2.16. The van der Waals surface area contributed by atoms with Gasteiger partial charge in [0.25, 0.3) is 0 Å². The normalized spacial score (nSPS) is 14.2. The average molecular weight is 231 g/mol. The van der Waals surface area contributed by atoms with E-state index < -0.39 is 6.04 Å². The van der Waals surface area contributed by atoms with E-state index in [1.165, 1.54) is 0 Å². The Morgan fingerprint density at radius 2 is 2.20 bits per heavy atom. The third-order valence-corrected chi connectivity index (χ3v) is 2.90.